The second kappa shape index (κ2) is 5.99. The van der Waals surface area contributed by atoms with Gasteiger partial charge in [0.25, 0.3) is 0 Å². The van der Waals surface area contributed by atoms with Crippen LogP contribution in [0.15, 0.2) is 30.4 Å². The summed E-state index contributed by atoms with van der Waals surface area (Å²) in [5.74, 6) is -1.36. The van der Waals surface area contributed by atoms with Gasteiger partial charge in [-0.05, 0) is 37.8 Å². The molecule has 23 heavy (non-hydrogen) atoms. The average Bonchev–Trinajstić information content (AvgIpc) is 2.77. The van der Waals surface area contributed by atoms with Gasteiger partial charge in [-0.1, -0.05) is 30.4 Å². The van der Waals surface area contributed by atoms with Crippen LogP contribution in [0.2, 0.25) is 0 Å². The number of likely N-dealkylation sites (tertiary alicyclic amines) is 1. The van der Waals surface area contributed by atoms with E-state index in [0.29, 0.717) is 12.8 Å². The standard InChI is InChI=1S/C18H20N2O3/c1-11-6-5-7-12(2)16(11)19-15(21)10-20-17(22)13-8-3-4-9-14(13)18(20)23/h3-7,13-14H,8-10H2,1-2H3,(H,19,21)/t13-,14-/m1/s1. The maximum absolute atomic E-state index is 12.4. The molecule has 1 N–H and O–H groups in total. The molecular weight excluding hydrogens is 292 g/mol. The normalized spacial score (nSPS) is 23.1. The quantitative estimate of drug-likeness (QED) is 0.687. The van der Waals surface area contributed by atoms with Crippen LogP contribution in [0, 0.1) is 25.7 Å². The van der Waals surface area contributed by atoms with Crippen molar-refractivity contribution in [2.75, 3.05) is 11.9 Å². The Morgan fingerprint density at radius 2 is 1.61 bits per heavy atom. The SMILES string of the molecule is Cc1cccc(C)c1NC(=O)CN1C(=O)[C@@H]2CC=CC[C@H]2C1=O. The molecule has 0 unspecified atom stereocenters. The van der Waals surface area contributed by atoms with Crippen LogP contribution in [0.1, 0.15) is 24.0 Å². The van der Waals surface area contributed by atoms with Crippen LogP contribution in [0.25, 0.3) is 0 Å². The van der Waals surface area contributed by atoms with Gasteiger partial charge in [0.1, 0.15) is 6.54 Å². The minimum absolute atomic E-state index is 0.210. The number of nitrogens with one attached hydrogen (secondary N) is 1. The zero-order valence-electron chi connectivity index (χ0n) is 13.3. The molecule has 1 heterocycles. The molecule has 3 rings (SSSR count). The summed E-state index contributed by atoms with van der Waals surface area (Å²) in [6.07, 6.45) is 5.05. The van der Waals surface area contributed by atoms with Gasteiger partial charge in [-0.3, -0.25) is 19.3 Å². The van der Waals surface area contributed by atoms with E-state index < -0.39 is 0 Å². The molecule has 2 atom stereocenters. The number of fused-ring (bicyclic) bond motifs is 1. The number of anilines is 1. The third-order valence-electron chi connectivity index (χ3n) is 4.65. The Bertz CT molecular complexity index is 662. The summed E-state index contributed by atoms with van der Waals surface area (Å²) in [7, 11) is 0. The lowest BCUT2D eigenvalue weighted by Gasteiger charge is -2.16. The first kappa shape index (κ1) is 15.5. The summed E-state index contributed by atoms with van der Waals surface area (Å²) in [5.41, 5.74) is 2.65. The average molecular weight is 312 g/mol. The van der Waals surface area contributed by atoms with Gasteiger partial charge in [0.05, 0.1) is 11.8 Å². The van der Waals surface area contributed by atoms with Crippen molar-refractivity contribution in [2.24, 2.45) is 11.8 Å². The number of rotatable bonds is 3. The highest BCUT2D eigenvalue weighted by atomic mass is 16.2. The van der Waals surface area contributed by atoms with Crippen molar-refractivity contribution < 1.29 is 14.4 Å². The molecule has 120 valence electrons. The van der Waals surface area contributed by atoms with Crippen LogP contribution in [-0.4, -0.2) is 29.2 Å². The van der Waals surface area contributed by atoms with Crippen molar-refractivity contribution in [3.8, 4) is 0 Å². The number of amides is 3. The molecule has 1 aliphatic carbocycles. The highest BCUT2D eigenvalue weighted by Gasteiger charge is 2.47. The lowest BCUT2D eigenvalue weighted by Crippen LogP contribution is -2.38. The van der Waals surface area contributed by atoms with E-state index in [1.165, 1.54) is 0 Å². The molecule has 0 aromatic heterocycles. The van der Waals surface area contributed by atoms with Crippen molar-refractivity contribution in [3.05, 3.63) is 41.5 Å². The molecule has 1 saturated heterocycles. The van der Waals surface area contributed by atoms with E-state index in [-0.39, 0.29) is 36.1 Å². The van der Waals surface area contributed by atoms with Crippen LogP contribution in [0.5, 0.6) is 0 Å². The first-order chi connectivity index (χ1) is 11.0. The molecule has 0 spiro atoms. The molecule has 1 aromatic rings. The molecule has 1 aliphatic heterocycles. The predicted molar refractivity (Wildman–Crippen MR) is 86.6 cm³/mol. The number of nitrogens with zero attached hydrogens (tertiary/aromatic N) is 1. The molecule has 2 aliphatic rings. The maximum Gasteiger partial charge on any atom is 0.244 e. The fourth-order valence-corrected chi connectivity index (χ4v) is 3.36. The minimum Gasteiger partial charge on any atom is -0.324 e. The van der Waals surface area contributed by atoms with Crippen molar-refractivity contribution in [2.45, 2.75) is 26.7 Å². The largest absolute Gasteiger partial charge is 0.324 e. The van der Waals surface area contributed by atoms with Gasteiger partial charge in [-0.25, -0.2) is 0 Å². The Labute approximate surface area is 135 Å². The Morgan fingerprint density at radius 1 is 1.09 bits per heavy atom. The smallest absolute Gasteiger partial charge is 0.244 e. The van der Waals surface area contributed by atoms with E-state index in [1.807, 2.05) is 44.2 Å². The van der Waals surface area contributed by atoms with Crippen molar-refractivity contribution in [1.29, 1.82) is 0 Å². The van der Waals surface area contributed by atoms with Crippen LogP contribution >= 0.6 is 0 Å². The Balaban J connectivity index is 1.71. The number of para-hydroxylation sites is 1. The monoisotopic (exact) mass is 312 g/mol. The van der Waals surface area contributed by atoms with E-state index >= 15 is 0 Å². The zero-order valence-corrected chi connectivity index (χ0v) is 13.3. The van der Waals surface area contributed by atoms with E-state index in [0.717, 1.165) is 21.7 Å². The number of carbonyl (C=O) groups is 3. The summed E-state index contributed by atoms with van der Waals surface area (Å²) >= 11 is 0. The van der Waals surface area contributed by atoms with E-state index in [4.69, 9.17) is 0 Å². The fraction of sp³-hybridized carbons (Fsp3) is 0.389. The third-order valence-corrected chi connectivity index (χ3v) is 4.65. The van der Waals surface area contributed by atoms with Gasteiger partial charge in [-0.15, -0.1) is 0 Å². The van der Waals surface area contributed by atoms with Gasteiger partial charge < -0.3 is 5.32 Å². The maximum atomic E-state index is 12.4. The first-order valence-electron chi connectivity index (χ1n) is 7.85. The topological polar surface area (TPSA) is 66.5 Å². The molecule has 1 fully saturated rings. The van der Waals surface area contributed by atoms with Crippen LogP contribution < -0.4 is 5.32 Å². The number of hydrogen-bond acceptors (Lipinski definition) is 3. The van der Waals surface area contributed by atoms with Crippen molar-refractivity contribution in [1.82, 2.24) is 4.90 Å². The number of allylic oxidation sites excluding steroid dienone is 2. The second-order valence-corrected chi connectivity index (χ2v) is 6.23. The van der Waals surface area contributed by atoms with Crippen LogP contribution in [0.4, 0.5) is 5.69 Å². The summed E-state index contributed by atoms with van der Waals surface area (Å²) in [4.78, 5) is 38.1. The predicted octanol–water partition coefficient (Wildman–Crippen LogP) is 2.19. The summed E-state index contributed by atoms with van der Waals surface area (Å²) in [6, 6.07) is 5.75. The number of imide groups is 1. The van der Waals surface area contributed by atoms with E-state index in [1.54, 1.807) is 0 Å². The van der Waals surface area contributed by atoms with Gasteiger partial charge in [0, 0.05) is 5.69 Å². The lowest BCUT2D eigenvalue weighted by molar-refractivity contribution is -0.142. The Kier molecular flexibility index (Phi) is 4.03. The second-order valence-electron chi connectivity index (χ2n) is 6.23. The number of aryl methyl sites for hydroxylation is 2. The molecule has 0 radical (unpaired) electrons. The Hall–Kier alpha value is -2.43. The minimum atomic E-state index is -0.337. The molecule has 5 heteroatoms. The molecule has 1 aromatic carbocycles. The van der Waals surface area contributed by atoms with E-state index in [9.17, 15) is 14.4 Å². The third kappa shape index (κ3) is 2.79. The number of carbonyl (C=O) groups excluding carboxylic acids is 3. The van der Waals surface area contributed by atoms with Gasteiger partial charge in [0.15, 0.2) is 0 Å². The summed E-state index contributed by atoms with van der Waals surface area (Å²) < 4.78 is 0. The van der Waals surface area contributed by atoms with Crippen LogP contribution in [0.3, 0.4) is 0 Å². The Morgan fingerprint density at radius 3 is 2.13 bits per heavy atom. The first-order valence-corrected chi connectivity index (χ1v) is 7.85. The summed E-state index contributed by atoms with van der Waals surface area (Å²) in [6.45, 7) is 3.61. The molecule has 0 saturated carbocycles. The molecule has 0 bridgehead atoms. The molecule has 5 nitrogen and oxygen atoms in total. The lowest BCUT2D eigenvalue weighted by atomic mass is 9.85. The van der Waals surface area contributed by atoms with Gasteiger partial charge in [-0.2, -0.15) is 0 Å². The van der Waals surface area contributed by atoms with Gasteiger partial charge >= 0.3 is 0 Å². The van der Waals surface area contributed by atoms with Crippen molar-refractivity contribution in [3.63, 3.8) is 0 Å². The van der Waals surface area contributed by atoms with Crippen molar-refractivity contribution >= 4 is 23.4 Å². The molecule has 3 amide bonds. The summed E-state index contributed by atoms with van der Waals surface area (Å²) in [5, 5.41) is 2.83. The highest BCUT2D eigenvalue weighted by Crippen LogP contribution is 2.34. The zero-order chi connectivity index (χ0) is 16.6. The molecular formula is C18H20N2O3. The highest BCUT2D eigenvalue weighted by molar-refractivity contribution is 6.09. The fourth-order valence-electron chi connectivity index (χ4n) is 3.36. The number of hydrogen-bond donors (Lipinski definition) is 1. The van der Waals surface area contributed by atoms with Crippen LogP contribution in [-0.2, 0) is 14.4 Å². The van der Waals surface area contributed by atoms with E-state index in [2.05, 4.69) is 5.32 Å². The van der Waals surface area contributed by atoms with Gasteiger partial charge in [0.2, 0.25) is 17.7 Å². The number of benzene rings is 1.